The molecule has 1 aliphatic heterocycles. The Hall–Kier alpha value is -2.14. The summed E-state index contributed by atoms with van der Waals surface area (Å²) < 4.78 is 27.1. The van der Waals surface area contributed by atoms with Crippen LogP contribution in [-0.4, -0.2) is 38.6 Å². The molecule has 1 aromatic heterocycles. The van der Waals surface area contributed by atoms with Gasteiger partial charge >= 0.3 is 13.8 Å². The van der Waals surface area contributed by atoms with Gasteiger partial charge in [0, 0.05) is 27.9 Å². The van der Waals surface area contributed by atoms with Crippen molar-refractivity contribution in [1.82, 2.24) is 10.3 Å². The molecule has 156 valence electrons. The van der Waals surface area contributed by atoms with Crippen LogP contribution in [0.1, 0.15) is 23.5 Å². The number of hydrogen-bond acceptors (Lipinski definition) is 7. The number of carbonyl (C=O) groups is 1. The van der Waals surface area contributed by atoms with Crippen molar-refractivity contribution in [2.75, 3.05) is 7.11 Å². The van der Waals surface area contributed by atoms with Crippen LogP contribution in [0.15, 0.2) is 46.0 Å². The van der Waals surface area contributed by atoms with Crippen LogP contribution in [-0.2, 0) is 14.1 Å². The molecule has 0 unspecified atom stereocenters. The van der Waals surface area contributed by atoms with Crippen molar-refractivity contribution in [2.24, 2.45) is 4.99 Å². The topological polar surface area (TPSA) is 141 Å². The van der Waals surface area contributed by atoms with E-state index in [0.29, 0.717) is 27.7 Å². The van der Waals surface area contributed by atoms with Gasteiger partial charge in [0.1, 0.15) is 11.9 Å². The van der Waals surface area contributed by atoms with Crippen molar-refractivity contribution in [3.63, 3.8) is 0 Å². The van der Waals surface area contributed by atoms with Crippen LogP contribution >= 0.6 is 30.8 Å². The highest BCUT2D eigenvalue weighted by Crippen LogP contribution is 2.36. The van der Waals surface area contributed by atoms with Crippen LogP contribution in [0.5, 0.6) is 0 Å². The number of thiazole rings is 1. The lowest BCUT2D eigenvalue weighted by atomic mass is 9.96. The first-order valence-electron chi connectivity index (χ1n) is 7.78. The van der Waals surface area contributed by atoms with Crippen LogP contribution in [0, 0.1) is 5.82 Å². The van der Waals surface area contributed by atoms with E-state index >= 15 is 0 Å². The summed E-state index contributed by atoms with van der Waals surface area (Å²) in [5.41, 5.74) is 1.44. The largest absolute Gasteiger partial charge is 0.466 e. The summed E-state index contributed by atoms with van der Waals surface area (Å²) in [5, 5.41) is 5.78. The zero-order valence-electron chi connectivity index (χ0n) is 15.0. The Morgan fingerprint density at radius 2 is 2.03 bits per heavy atom. The van der Waals surface area contributed by atoms with E-state index in [1.54, 1.807) is 13.1 Å². The number of benzene rings is 1. The van der Waals surface area contributed by atoms with Gasteiger partial charge in [-0.15, -0.1) is 11.3 Å². The molecule has 1 atom stereocenters. The van der Waals surface area contributed by atoms with E-state index in [-0.39, 0.29) is 5.02 Å². The molecule has 13 heteroatoms. The van der Waals surface area contributed by atoms with Gasteiger partial charge in [-0.2, -0.15) is 0 Å². The number of hydrogen-bond donors (Lipinski definition) is 4. The van der Waals surface area contributed by atoms with Gasteiger partial charge in [-0.25, -0.2) is 18.7 Å². The normalized spacial score (nSPS) is 16.4. The molecule has 9 nitrogen and oxygen atoms in total. The van der Waals surface area contributed by atoms with Gasteiger partial charge in [-0.1, -0.05) is 17.7 Å². The maximum absolute atomic E-state index is 13.4. The van der Waals surface area contributed by atoms with E-state index < -0.39 is 25.7 Å². The van der Waals surface area contributed by atoms with Crippen molar-refractivity contribution in [2.45, 2.75) is 13.0 Å². The lowest BCUT2D eigenvalue weighted by Crippen LogP contribution is -2.32. The minimum Gasteiger partial charge on any atom is -0.466 e. The Morgan fingerprint density at radius 1 is 1.38 bits per heavy atom. The molecule has 2 aromatic rings. The molecule has 0 bridgehead atoms. The van der Waals surface area contributed by atoms with Gasteiger partial charge < -0.3 is 24.7 Å². The molecule has 29 heavy (non-hydrogen) atoms. The predicted molar refractivity (Wildman–Crippen MR) is 105 cm³/mol. The van der Waals surface area contributed by atoms with E-state index in [9.17, 15) is 9.18 Å². The second-order valence-corrected chi connectivity index (χ2v) is 7.88. The predicted octanol–water partition coefficient (Wildman–Crippen LogP) is 2.55. The standard InChI is InChI=1S/C16H13ClFN3O2S.H3O4P/c1-8-12(16(22)23-2)13(10-4-3-9(18)7-11(10)17)21-14(20-8)15-19-5-6-24-15;1-5(2,3)4/h3-7,13H,1-2H3,(H,20,21);(H3,1,2,3,4)/t13-;/m0./s1. The van der Waals surface area contributed by atoms with Crippen molar-refractivity contribution >= 4 is 42.6 Å². The summed E-state index contributed by atoms with van der Waals surface area (Å²) in [6, 6.07) is 3.30. The lowest BCUT2D eigenvalue weighted by molar-refractivity contribution is -0.136. The number of nitrogens with one attached hydrogen (secondary N) is 1. The molecule has 0 amide bonds. The third-order valence-corrected chi connectivity index (χ3v) is 4.65. The van der Waals surface area contributed by atoms with Gasteiger partial charge in [-0.05, 0) is 19.1 Å². The van der Waals surface area contributed by atoms with Gasteiger partial charge in [0.15, 0.2) is 10.8 Å². The molecule has 1 aromatic carbocycles. The Kier molecular flexibility index (Phi) is 7.64. The number of halogens is 2. The van der Waals surface area contributed by atoms with Crippen molar-refractivity contribution in [3.05, 3.63) is 62.5 Å². The average Bonchev–Trinajstić information content (AvgIpc) is 3.13. The summed E-state index contributed by atoms with van der Waals surface area (Å²) in [5.74, 6) is -0.449. The Balaban J connectivity index is 0.000000537. The molecule has 4 N–H and O–H groups in total. The highest BCUT2D eigenvalue weighted by Gasteiger charge is 2.32. The number of esters is 1. The van der Waals surface area contributed by atoms with Crippen LogP contribution in [0.4, 0.5) is 4.39 Å². The quantitative estimate of drug-likeness (QED) is 0.402. The highest BCUT2D eigenvalue weighted by atomic mass is 35.5. The summed E-state index contributed by atoms with van der Waals surface area (Å²) in [7, 11) is -3.34. The molecule has 0 saturated heterocycles. The van der Waals surface area contributed by atoms with E-state index in [2.05, 4.69) is 15.3 Å². The van der Waals surface area contributed by atoms with Gasteiger partial charge in [-0.3, -0.25) is 4.99 Å². The number of aliphatic imine (C=N–C) groups is 1. The molecular weight excluding hydrogens is 448 g/mol. The summed E-state index contributed by atoms with van der Waals surface area (Å²) in [6.45, 7) is 1.75. The number of ether oxygens (including phenoxy) is 1. The summed E-state index contributed by atoms with van der Waals surface area (Å²) >= 11 is 7.59. The number of amidine groups is 1. The molecule has 0 spiro atoms. The van der Waals surface area contributed by atoms with E-state index in [1.165, 1.54) is 36.6 Å². The highest BCUT2D eigenvalue weighted by molar-refractivity contribution is 7.45. The molecule has 1 aliphatic rings. The molecular formula is C16H16ClFN3O6PS. The van der Waals surface area contributed by atoms with E-state index in [0.717, 1.165) is 0 Å². The Labute approximate surface area is 173 Å². The van der Waals surface area contributed by atoms with Gasteiger partial charge in [0.05, 0.1) is 12.7 Å². The number of allylic oxidation sites excluding steroid dienone is 1. The van der Waals surface area contributed by atoms with Crippen LogP contribution in [0.25, 0.3) is 0 Å². The maximum atomic E-state index is 13.4. The van der Waals surface area contributed by atoms with Crippen molar-refractivity contribution in [3.8, 4) is 0 Å². The number of carbonyl (C=O) groups excluding carboxylic acids is 1. The van der Waals surface area contributed by atoms with Crippen LogP contribution in [0.3, 0.4) is 0 Å². The first-order chi connectivity index (χ1) is 13.5. The zero-order valence-corrected chi connectivity index (χ0v) is 17.5. The van der Waals surface area contributed by atoms with E-state index in [4.69, 9.17) is 35.6 Å². The third-order valence-electron chi connectivity index (χ3n) is 3.54. The first kappa shape index (κ1) is 23.1. The number of methoxy groups -OCH3 is 1. The van der Waals surface area contributed by atoms with Gasteiger partial charge in [0.2, 0.25) is 0 Å². The fraction of sp³-hybridized carbons (Fsp3) is 0.188. The maximum Gasteiger partial charge on any atom is 0.466 e. The number of rotatable bonds is 3. The molecule has 0 fully saturated rings. The smallest absolute Gasteiger partial charge is 0.466 e. The zero-order chi connectivity index (χ0) is 21.8. The Morgan fingerprint density at radius 3 is 2.55 bits per heavy atom. The summed E-state index contributed by atoms with van der Waals surface area (Å²) in [6.07, 6.45) is 1.67. The second-order valence-electron chi connectivity index (χ2n) is 5.55. The fourth-order valence-electron chi connectivity index (χ4n) is 2.45. The first-order valence-corrected chi connectivity index (χ1v) is 10.6. The van der Waals surface area contributed by atoms with Crippen LogP contribution in [0.2, 0.25) is 5.02 Å². The minimum absolute atomic E-state index is 0.193. The number of aromatic nitrogens is 1. The van der Waals surface area contributed by atoms with Crippen molar-refractivity contribution in [1.29, 1.82) is 0 Å². The van der Waals surface area contributed by atoms with E-state index in [1.807, 2.05) is 5.38 Å². The molecule has 2 heterocycles. The van der Waals surface area contributed by atoms with Crippen LogP contribution < -0.4 is 5.32 Å². The monoisotopic (exact) mass is 463 g/mol. The summed E-state index contributed by atoms with van der Waals surface area (Å²) in [4.78, 5) is 42.6. The molecule has 0 saturated carbocycles. The average molecular weight is 464 g/mol. The Bertz CT molecular complexity index is 1000. The van der Waals surface area contributed by atoms with Gasteiger partial charge in [0.25, 0.3) is 0 Å². The number of phosphoric acid groups is 1. The molecule has 0 radical (unpaired) electrons. The second kappa shape index (κ2) is 9.57. The lowest BCUT2D eigenvalue weighted by Gasteiger charge is -2.25. The molecule has 0 aliphatic carbocycles. The molecule has 3 rings (SSSR count). The third kappa shape index (κ3) is 6.43. The SMILES string of the molecule is COC(=O)C1=C(C)NC(c2nccs2)=N[C@H]1c1ccc(F)cc1Cl.O=P(O)(O)O. The fourth-order valence-corrected chi connectivity index (χ4v) is 3.31. The minimum atomic E-state index is -4.64. The van der Waals surface area contributed by atoms with Crippen molar-refractivity contribution < 1.29 is 33.2 Å². The number of nitrogens with zero attached hydrogens (tertiary/aromatic N) is 2.